The number of aliphatic carboxylic acids is 1. The minimum atomic E-state index is -5.08. The number of nitrogens with zero attached hydrogens (tertiary/aromatic N) is 3. The number of ether oxygens (including phenoxy) is 1. The van der Waals surface area contributed by atoms with Gasteiger partial charge in [0.1, 0.15) is 0 Å². The Hall–Kier alpha value is -4.14. The second-order valence-electron chi connectivity index (χ2n) is 9.80. The highest BCUT2D eigenvalue weighted by atomic mass is 35.5. The maximum absolute atomic E-state index is 12.7. The van der Waals surface area contributed by atoms with Crippen LogP contribution in [0.25, 0.3) is 17.0 Å². The van der Waals surface area contributed by atoms with Crippen LogP contribution in [0.1, 0.15) is 19.4 Å². The largest absolute Gasteiger partial charge is 0.490 e. The van der Waals surface area contributed by atoms with Crippen molar-refractivity contribution >= 4 is 80.4 Å². The summed E-state index contributed by atoms with van der Waals surface area (Å²) in [6, 6.07) is 13.1. The lowest BCUT2D eigenvalue weighted by atomic mass is 10.1. The first kappa shape index (κ1) is 32.8. The van der Waals surface area contributed by atoms with Crippen molar-refractivity contribution in [3.8, 4) is 0 Å². The molecule has 2 fully saturated rings. The highest BCUT2D eigenvalue weighted by molar-refractivity contribution is 8.18. The number of carbonyl (C=O) groups excluding carboxylic acids is 2. The third-order valence-corrected chi connectivity index (χ3v) is 7.48. The predicted octanol–water partition coefficient (Wildman–Crippen LogP) is 5.84. The first-order valence-corrected chi connectivity index (χ1v) is 14.4. The van der Waals surface area contributed by atoms with E-state index >= 15 is 0 Å². The lowest BCUT2D eigenvalue weighted by molar-refractivity contribution is -0.192. The molecule has 232 valence electrons. The fraction of sp³-hybridized carbons (Fsp3) is 0.276. The summed E-state index contributed by atoms with van der Waals surface area (Å²) >= 11 is 7.58. The molecule has 5 rings (SSSR count). The van der Waals surface area contributed by atoms with Crippen LogP contribution in [-0.2, 0) is 19.1 Å². The summed E-state index contributed by atoms with van der Waals surface area (Å²) in [6.45, 7) is 6.69. The van der Waals surface area contributed by atoms with E-state index < -0.39 is 12.1 Å². The second kappa shape index (κ2) is 14.1. The normalized spacial score (nSPS) is 17.1. The third-order valence-electron chi connectivity index (χ3n) is 6.25. The molecule has 0 saturated carbocycles. The molecule has 3 N–H and O–H groups in total. The number of benzene rings is 2. The van der Waals surface area contributed by atoms with Crippen LogP contribution in [0.4, 0.5) is 30.2 Å². The van der Waals surface area contributed by atoms with Gasteiger partial charge in [0.05, 0.1) is 34.3 Å². The van der Waals surface area contributed by atoms with Gasteiger partial charge in [-0.3, -0.25) is 14.6 Å². The number of hydrogen-bond acceptors (Lipinski definition) is 8. The molecule has 2 aromatic carbocycles. The quantitative estimate of drug-likeness (QED) is 0.294. The number of aromatic nitrogens is 1. The molecule has 0 radical (unpaired) electrons. The van der Waals surface area contributed by atoms with E-state index in [2.05, 4.69) is 31.6 Å². The van der Waals surface area contributed by atoms with Gasteiger partial charge in [0, 0.05) is 42.0 Å². The highest BCUT2D eigenvalue weighted by Crippen LogP contribution is 2.34. The van der Waals surface area contributed by atoms with Crippen molar-refractivity contribution in [2.45, 2.75) is 20.0 Å². The van der Waals surface area contributed by atoms with E-state index in [4.69, 9.17) is 26.2 Å². The van der Waals surface area contributed by atoms with Crippen LogP contribution in [0, 0.1) is 5.92 Å². The molecule has 3 heterocycles. The van der Waals surface area contributed by atoms with E-state index in [9.17, 15) is 22.8 Å². The summed E-state index contributed by atoms with van der Waals surface area (Å²) in [5.74, 6) is -3.24. The van der Waals surface area contributed by atoms with Crippen molar-refractivity contribution in [1.82, 2.24) is 10.3 Å². The molecule has 0 bridgehead atoms. The first-order chi connectivity index (χ1) is 20.8. The van der Waals surface area contributed by atoms with E-state index in [1.54, 1.807) is 18.2 Å². The van der Waals surface area contributed by atoms with Crippen LogP contribution < -0.4 is 15.5 Å². The number of carbonyl (C=O) groups is 3. The van der Waals surface area contributed by atoms with E-state index in [0.717, 1.165) is 35.2 Å². The molecule has 2 amide bonds. The van der Waals surface area contributed by atoms with Crippen molar-refractivity contribution in [2.75, 3.05) is 36.5 Å². The smallest absolute Gasteiger partial charge is 0.475 e. The van der Waals surface area contributed by atoms with E-state index in [-0.39, 0.29) is 17.7 Å². The number of carboxylic acids is 1. The van der Waals surface area contributed by atoms with Gasteiger partial charge in [0.25, 0.3) is 5.91 Å². The molecule has 0 atom stereocenters. The minimum absolute atomic E-state index is 0.1000. The Balaban J connectivity index is 0.000000566. The Morgan fingerprint density at radius 2 is 1.89 bits per heavy atom. The summed E-state index contributed by atoms with van der Waals surface area (Å²) in [4.78, 5) is 45.5. The molecule has 1 aromatic heterocycles. The van der Waals surface area contributed by atoms with Crippen LogP contribution in [-0.4, -0.2) is 65.5 Å². The van der Waals surface area contributed by atoms with Crippen LogP contribution >= 0.6 is 23.4 Å². The number of halogens is 4. The Bertz CT molecular complexity index is 1640. The maximum atomic E-state index is 12.7. The second-order valence-corrected chi connectivity index (χ2v) is 11.2. The zero-order valence-corrected chi connectivity index (χ0v) is 25.0. The van der Waals surface area contributed by atoms with Crippen molar-refractivity contribution in [2.24, 2.45) is 10.9 Å². The fourth-order valence-corrected chi connectivity index (χ4v) is 5.02. The number of nitrogens with one attached hydrogen (secondary N) is 2. The average Bonchev–Trinajstić information content (AvgIpc) is 3.32. The molecule has 10 nitrogen and oxygen atoms in total. The number of fused-ring (bicyclic) bond motifs is 1. The van der Waals surface area contributed by atoms with E-state index in [1.165, 1.54) is 11.8 Å². The molecule has 0 unspecified atom stereocenters. The van der Waals surface area contributed by atoms with Crippen LogP contribution in [0.5, 0.6) is 0 Å². The van der Waals surface area contributed by atoms with Gasteiger partial charge in [-0.15, -0.1) is 0 Å². The number of rotatable bonds is 5. The van der Waals surface area contributed by atoms with Crippen LogP contribution in [0.3, 0.4) is 0 Å². The molecule has 2 saturated heterocycles. The molecule has 15 heteroatoms. The summed E-state index contributed by atoms with van der Waals surface area (Å²) in [7, 11) is 0. The maximum Gasteiger partial charge on any atom is 0.490 e. The number of thioether (sulfide) groups is 1. The van der Waals surface area contributed by atoms with Gasteiger partial charge in [-0.1, -0.05) is 31.5 Å². The van der Waals surface area contributed by atoms with E-state index in [1.807, 2.05) is 44.3 Å². The van der Waals surface area contributed by atoms with Gasteiger partial charge in [0.15, 0.2) is 5.17 Å². The van der Waals surface area contributed by atoms with Crippen molar-refractivity contribution in [3.05, 3.63) is 64.2 Å². The standard InChI is InChI=1S/C27H26ClN5O3S.C2HF3O2/c1-16(2)25(34)30-18-4-5-20(28)22(15-18)31-27-32-26(35)24(37-27)14-17-3-6-21-19(13-17)23(7-8-29-21)33-9-11-36-12-10-33;3-2(4,5)1(6)7/h3-8,13-16H,9-12H2,1-2H3,(H,30,34)(H,31,32,35);(H,6,7). The Morgan fingerprint density at radius 3 is 2.55 bits per heavy atom. The van der Waals surface area contributed by atoms with Gasteiger partial charge in [-0.05, 0) is 59.8 Å². The van der Waals surface area contributed by atoms with Gasteiger partial charge in [-0.2, -0.15) is 13.2 Å². The number of anilines is 2. The van der Waals surface area contributed by atoms with Gasteiger partial charge < -0.3 is 25.4 Å². The number of morpholine rings is 1. The molecular weight excluding hydrogens is 623 g/mol. The summed E-state index contributed by atoms with van der Waals surface area (Å²) in [5, 5.41) is 14.6. The van der Waals surface area contributed by atoms with Crippen molar-refractivity contribution < 1.29 is 37.4 Å². The van der Waals surface area contributed by atoms with Gasteiger partial charge >= 0.3 is 12.1 Å². The number of alkyl halides is 3. The van der Waals surface area contributed by atoms with Crippen molar-refractivity contribution in [3.63, 3.8) is 0 Å². The number of amidine groups is 1. The minimum Gasteiger partial charge on any atom is -0.475 e. The highest BCUT2D eigenvalue weighted by Gasteiger charge is 2.38. The van der Waals surface area contributed by atoms with Crippen molar-refractivity contribution in [1.29, 1.82) is 0 Å². The molecule has 2 aliphatic heterocycles. The predicted molar refractivity (Wildman–Crippen MR) is 164 cm³/mol. The lowest BCUT2D eigenvalue weighted by Gasteiger charge is -2.29. The average molecular weight is 650 g/mol. The van der Waals surface area contributed by atoms with Gasteiger partial charge in [0.2, 0.25) is 5.91 Å². The Labute approximate surface area is 259 Å². The Morgan fingerprint density at radius 1 is 1.18 bits per heavy atom. The molecule has 44 heavy (non-hydrogen) atoms. The topological polar surface area (TPSA) is 133 Å². The monoisotopic (exact) mass is 649 g/mol. The SMILES string of the molecule is CC(C)C(=O)Nc1ccc(Cl)c(N=C2NC(=O)C(=Cc3ccc4nccc(N5CCOCC5)c4c3)S2)c1.O=C(O)C(F)(F)F. The zero-order chi connectivity index (χ0) is 32.0. The van der Waals surface area contributed by atoms with Crippen LogP contribution in [0.15, 0.2) is 58.6 Å². The summed E-state index contributed by atoms with van der Waals surface area (Å²) < 4.78 is 37.2. The van der Waals surface area contributed by atoms with E-state index in [0.29, 0.717) is 39.7 Å². The number of amides is 2. The number of aliphatic imine (C=N–C) groups is 1. The zero-order valence-electron chi connectivity index (χ0n) is 23.4. The number of carboxylic acid groups (broad SMARTS) is 1. The molecule has 0 spiro atoms. The van der Waals surface area contributed by atoms with Crippen LogP contribution in [0.2, 0.25) is 5.02 Å². The molecule has 0 aliphatic carbocycles. The summed E-state index contributed by atoms with van der Waals surface area (Å²) in [5.41, 5.74) is 3.95. The number of hydrogen-bond donors (Lipinski definition) is 3. The molecule has 3 aromatic rings. The number of pyridine rings is 1. The third kappa shape index (κ3) is 8.49. The van der Waals surface area contributed by atoms with Gasteiger partial charge in [-0.25, -0.2) is 9.79 Å². The molecular formula is C29H27ClF3N5O5S. The molecule has 2 aliphatic rings. The Kier molecular flexibility index (Phi) is 10.5. The summed E-state index contributed by atoms with van der Waals surface area (Å²) in [6.07, 6.45) is -1.42. The first-order valence-electron chi connectivity index (χ1n) is 13.2. The fourth-order valence-electron chi connectivity index (χ4n) is 4.02. The lowest BCUT2D eigenvalue weighted by Crippen LogP contribution is -2.36.